The molecule has 0 spiro atoms. The number of nitro groups is 1. The van der Waals surface area contributed by atoms with E-state index in [1.165, 1.54) is 28.9 Å². The Hall–Kier alpha value is -2.77. The third-order valence-corrected chi connectivity index (χ3v) is 2.74. The number of benzene rings is 1. The third kappa shape index (κ3) is 2.35. The van der Waals surface area contributed by atoms with Crippen molar-refractivity contribution in [3.05, 3.63) is 40.1 Å². The Kier molecular flexibility index (Phi) is 3.47. The molecule has 0 saturated carbocycles. The van der Waals surface area contributed by atoms with E-state index in [1.807, 2.05) is 13.8 Å². The molecule has 104 valence electrons. The van der Waals surface area contributed by atoms with Crippen molar-refractivity contribution < 1.29 is 14.8 Å². The fourth-order valence-corrected chi connectivity index (χ4v) is 1.81. The van der Waals surface area contributed by atoms with E-state index in [-0.39, 0.29) is 17.4 Å². The van der Waals surface area contributed by atoms with Gasteiger partial charge in [0.1, 0.15) is 5.69 Å². The summed E-state index contributed by atoms with van der Waals surface area (Å²) in [7, 11) is 0. The van der Waals surface area contributed by atoms with Crippen LogP contribution >= 0.6 is 0 Å². The lowest BCUT2D eigenvalue weighted by Gasteiger charge is -2.10. The van der Waals surface area contributed by atoms with Gasteiger partial charge in [-0.25, -0.2) is 9.48 Å². The molecule has 1 N–H and O–H groups in total. The highest BCUT2D eigenvalue weighted by Gasteiger charge is 2.22. The maximum Gasteiger partial charge on any atom is 0.358 e. The number of aromatic nitrogens is 3. The summed E-state index contributed by atoms with van der Waals surface area (Å²) < 4.78 is 1.48. The van der Waals surface area contributed by atoms with Crippen molar-refractivity contribution in [2.45, 2.75) is 19.9 Å². The van der Waals surface area contributed by atoms with Crippen molar-refractivity contribution in [2.75, 3.05) is 0 Å². The zero-order valence-corrected chi connectivity index (χ0v) is 10.8. The number of carboxylic acids is 1. The Morgan fingerprint density at radius 2 is 1.95 bits per heavy atom. The molecule has 20 heavy (non-hydrogen) atoms. The molecule has 2 aromatic rings. The summed E-state index contributed by atoms with van der Waals surface area (Å²) in [5, 5.41) is 27.2. The number of hydrogen-bond donors (Lipinski definition) is 1. The number of carbonyl (C=O) groups is 1. The van der Waals surface area contributed by atoms with Crippen LogP contribution in [0.1, 0.15) is 30.4 Å². The first-order valence-electron chi connectivity index (χ1n) is 5.85. The Morgan fingerprint density at radius 3 is 2.40 bits per heavy atom. The monoisotopic (exact) mass is 276 g/mol. The topological polar surface area (TPSA) is 111 Å². The van der Waals surface area contributed by atoms with Crippen LogP contribution in [0.4, 0.5) is 5.69 Å². The standard InChI is InChI=1S/C12H12N4O4/c1-7(2)15-11(10(12(17)18)13-14-15)8-3-5-9(6-4-8)16(19)20/h3-7H,1-2H3,(H,17,18). The maximum atomic E-state index is 11.2. The van der Waals surface area contributed by atoms with Crippen LogP contribution < -0.4 is 0 Å². The minimum absolute atomic E-state index is 0.0609. The lowest BCUT2D eigenvalue weighted by molar-refractivity contribution is -0.384. The first-order chi connectivity index (χ1) is 9.41. The molecule has 8 nitrogen and oxygen atoms in total. The van der Waals surface area contributed by atoms with Gasteiger partial charge >= 0.3 is 5.97 Å². The molecule has 0 aliphatic rings. The fraction of sp³-hybridized carbons (Fsp3) is 0.250. The highest BCUT2D eigenvalue weighted by molar-refractivity contribution is 5.92. The van der Waals surface area contributed by atoms with E-state index in [1.54, 1.807) is 0 Å². The van der Waals surface area contributed by atoms with Gasteiger partial charge in [-0.1, -0.05) is 5.21 Å². The van der Waals surface area contributed by atoms with Gasteiger partial charge in [0, 0.05) is 23.7 Å². The van der Waals surface area contributed by atoms with E-state index in [0.717, 1.165) is 0 Å². The number of aromatic carboxylic acids is 1. The molecular formula is C12H12N4O4. The van der Waals surface area contributed by atoms with E-state index in [2.05, 4.69) is 10.3 Å². The van der Waals surface area contributed by atoms with Gasteiger partial charge in [-0.3, -0.25) is 10.1 Å². The van der Waals surface area contributed by atoms with Crippen molar-refractivity contribution >= 4 is 11.7 Å². The van der Waals surface area contributed by atoms with Crippen molar-refractivity contribution in [2.24, 2.45) is 0 Å². The Balaban J connectivity index is 2.58. The zero-order valence-electron chi connectivity index (χ0n) is 10.8. The van der Waals surface area contributed by atoms with E-state index >= 15 is 0 Å². The second-order valence-corrected chi connectivity index (χ2v) is 4.43. The largest absolute Gasteiger partial charge is 0.476 e. The highest BCUT2D eigenvalue weighted by atomic mass is 16.6. The molecule has 8 heteroatoms. The summed E-state index contributed by atoms with van der Waals surface area (Å²) >= 11 is 0. The normalized spacial score (nSPS) is 10.8. The predicted octanol–water partition coefficient (Wildman–Crippen LogP) is 2.13. The lowest BCUT2D eigenvalue weighted by Crippen LogP contribution is -2.07. The Bertz CT molecular complexity index is 661. The average molecular weight is 276 g/mol. The Morgan fingerprint density at radius 1 is 1.35 bits per heavy atom. The molecule has 1 heterocycles. The van der Waals surface area contributed by atoms with Gasteiger partial charge in [0.15, 0.2) is 5.69 Å². The molecule has 0 aliphatic heterocycles. The second kappa shape index (κ2) is 5.08. The number of carboxylic acid groups (broad SMARTS) is 1. The molecule has 0 atom stereocenters. The molecule has 0 saturated heterocycles. The minimum Gasteiger partial charge on any atom is -0.476 e. The van der Waals surface area contributed by atoms with Gasteiger partial charge < -0.3 is 5.11 Å². The van der Waals surface area contributed by atoms with E-state index in [9.17, 15) is 14.9 Å². The molecule has 1 aromatic carbocycles. The molecular weight excluding hydrogens is 264 g/mol. The lowest BCUT2D eigenvalue weighted by atomic mass is 10.1. The smallest absolute Gasteiger partial charge is 0.358 e. The van der Waals surface area contributed by atoms with Crippen LogP contribution in [0.15, 0.2) is 24.3 Å². The molecule has 0 amide bonds. The summed E-state index contributed by atoms with van der Waals surface area (Å²) in [6, 6.07) is 5.53. The predicted molar refractivity (Wildman–Crippen MR) is 69.5 cm³/mol. The molecule has 1 aromatic heterocycles. The number of nitrogens with zero attached hydrogens (tertiary/aromatic N) is 4. The van der Waals surface area contributed by atoms with Crippen molar-refractivity contribution in [3.8, 4) is 11.3 Å². The van der Waals surface area contributed by atoms with Crippen LogP contribution in [-0.4, -0.2) is 31.0 Å². The molecule has 2 rings (SSSR count). The van der Waals surface area contributed by atoms with E-state index < -0.39 is 10.9 Å². The summed E-state index contributed by atoms with van der Waals surface area (Å²) in [6.45, 7) is 3.68. The fourth-order valence-electron chi connectivity index (χ4n) is 1.81. The van der Waals surface area contributed by atoms with Crippen LogP contribution in [-0.2, 0) is 0 Å². The second-order valence-electron chi connectivity index (χ2n) is 4.43. The SMILES string of the molecule is CC(C)n1nnc(C(=O)O)c1-c1ccc([N+](=O)[O-])cc1. The number of non-ortho nitro benzene ring substituents is 1. The van der Waals surface area contributed by atoms with E-state index in [4.69, 9.17) is 5.11 Å². The van der Waals surface area contributed by atoms with Gasteiger partial charge in [-0.2, -0.15) is 0 Å². The Labute approximate surface area is 113 Å². The first kappa shape index (κ1) is 13.7. The van der Waals surface area contributed by atoms with Gasteiger partial charge in [0.25, 0.3) is 5.69 Å². The highest BCUT2D eigenvalue weighted by Crippen LogP contribution is 2.26. The number of nitro benzene ring substituents is 1. The number of hydrogen-bond acceptors (Lipinski definition) is 5. The van der Waals surface area contributed by atoms with Gasteiger partial charge in [-0.15, -0.1) is 5.10 Å². The summed E-state index contributed by atoms with van der Waals surface area (Å²) in [4.78, 5) is 21.3. The summed E-state index contributed by atoms with van der Waals surface area (Å²) in [5.41, 5.74) is 0.621. The van der Waals surface area contributed by atoms with Crippen LogP contribution in [0.2, 0.25) is 0 Å². The van der Waals surface area contributed by atoms with Gasteiger partial charge in [0.05, 0.1) is 4.92 Å². The van der Waals surface area contributed by atoms with Crippen molar-refractivity contribution in [3.63, 3.8) is 0 Å². The van der Waals surface area contributed by atoms with E-state index in [0.29, 0.717) is 11.3 Å². The first-order valence-corrected chi connectivity index (χ1v) is 5.85. The summed E-state index contributed by atoms with van der Waals surface area (Å²) in [6.07, 6.45) is 0. The van der Waals surface area contributed by atoms with Crippen LogP contribution in [0.5, 0.6) is 0 Å². The van der Waals surface area contributed by atoms with Crippen LogP contribution in [0.25, 0.3) is 11.3 Å². The van der Waals surface area contributed by atoms with Crippen molar-refractivity contribution in [1.29, 1.82) is 0 Å². The van der Waals surface area contributed by atoms with Gasteiger partial charge in [0.2, 0.25) is 0 Å². The van der Waals surface area contributed by atoms with Crippen LogP contribution in [0.3, 0.4) is 0 Å². The molecule has 0 fully saturated rings. The van der Waals surface area contributed by atoms with Crippen LogP contribution in [0, 0.1) is 10.1 Å². The summed E-state index contributed by atoms with van der Waals surface area (Å²) in [5.74, 6) is -1.19. The third-order valence-electron chi connectivity index (χ3n) is 2.74. The molecule has 0 bridgehead atoms. The van der Waals surface area contributed by atoms with Crippen molar-refractivity contribution in [1.82, 2.24) is 15.0 Å². The average Bonchev–Trinajstić information content (AvgIpc) is 2.83. The molecule has 0 unspecified atom stereocenters. The molecule has 0 aliphatic carbocycles. The molecule has 0 radical (unpaired) electrons. The quantitative estimate of drug-likeness (QED) is 0.676. The minimum atomic E-state index is -1.19. The number of rotatable bonds is 4. The maximum absolute atomic E-state index is 11.2. The van der Waals surface area contributed by atoms with Gasteiger partial charge in [-0.05, 0) is 26.0 Å². The zero-order chi connectivity index (χ0) is 14.9.